The van der Waals surface area contributed by atoms with Crippen molar-refractivity contribution in [2.45, 2.75) is 66.6 Å². The Bertz CT molecular complexity index is 1800. The first-order valence-corrected chi connectivity index (χ1v) is 36.0. The van der Waals surface area contributed by atoms with E-state index in [4.69, 9.17) is 4.26 Å². The van der Waals surface area contributed by atoms with E-state index in [0.717, 1.165) is 10.6 Å². The second-order valence-corrected chi connectivity index (χ2v) is 70.8. The van der Waals surface area contributed by atoms with Crippen LogP contribution in [0.5, 0.6) is 0 Å². The summed E-state index contributed by atoms with van der Waals surface area (Å²) in [6.45, 7) is 11.4. The minimum absolute atomic E-state index is 0.304. The molecule has 2 aliphatic rings. The molecular formula is C41H48Hf. The van der Waals surface area contributed by atoms with Crippen LogP contribution >= 0.6 is 0 Å². The topological polar surface area (TPSA) is 0 Å². The van der Waals surface area contributed by atoms with Crippen molar-refractivity contribution in [2.24, 2.45) is 0 Å². The molecule has 0 fully saturated rings. The van der Waals surface area contributed by atoms with Crippen molar-refractivity contribution in [2.75, 3.05) is 0 Å². The predicted molar refractivity (Wildman–Crippen MR) is 186 cm³/mol. The second-order valence-electron chi connectivity index (χ2n) is 17.2. The van der Waals surface area contributed by atoms with Gasteiger partial charge in [0.05, 0.1) is 0 Å². The molecule has 0 bridgehead atoms. The van der Waals surface area contributed by atoms with Gasteiger partial charge in [-0.3, -0.25) is 0 Å². The van der Waals surface area contributed by atoms with Gasteiger partial charge in [-0.05, 0) is 0 Å². The summed E-state index contributed by atoms with van der Waals surface area (Å²) in [6, 6.07) is 27.4. The molecule has 0 spiro atoms. The molecule has 0 amide bonds. The first kappa shape index (κ1) is 29.2. The van der Waals surface area contributed by atoms with E-state index in [2.05, 4.69) is 146 Å². The Labute approximate surface area is 248 Å². The summed E-state index contributed by atoms with van der Waals surface area (Å²) >= 11 is -5.16. The van der Waals surface area contributed by atoms with E-state index in [9.17, 15) is 0 Å². The zero-order valence-electron chi connectivity index (χ0n) is 27.0. The Kier molecular flexibility index (Phi) is 5.97. The van der Waals surface area contributed by atoms with Gasteiger partial charge in [0.1, 0.15) is 0 Å². The maximum absolute atomic E-state index is 5.69. The number of aryl methyl sites for hydroxylation is 4. The number of rotatable bonds is 6. The van der Waals surface area contributed by atoms with Crippen molar-refractivity contribution >= 4 is 16.4 Å². The molecule has 0 N–H and O–H groups in total. The van der Waals surface area contributed by atoms with E-state index >= 15 is 0 Å². The monoisotopic (exact) mass is 720 g/mol. The van der Waals surface area contributed by atoms with E-state index in [-0.39, 0.29) is 0 Å². The summed E-state index contributed by atoms with van der Waals surface area (Å²) in [6.07, 6.45) is 11.1. The Hall–Kier alpha value is -2.90. The molecule has 6 rings (SSSR count). The third kappa shape index (κ3) is 3.99. The van der Waals surface area contributed by atoms with Gasteiger partial charge >= 0.3 is 250 Å². The van der Waals surface area contributed by atoms with Crippen molar-refractivity contribution in [3.8, 4) is 22.3 Å². The van der Waals surface area contributed by atoms with Crippen LogP contribution in [0.3, 0.4) is 0 Å². The van der Waals surface area contributed by atoms with Crippen LogP contribution in [0.25, 0.3) is 34.4 Å². The summed E-state index contributed by atoms with van der Waals surface area (Å²) < 4.78 is 15.5. The van der Waals surface area contributed by atoms with Gasteiger partial charge in [-0.1, -0.05) is 0 Å². The van der Waals surface area contributed by atoms with Crippen LogP contribution in [0.2, 0.25) is 18.2 Å². The molecule has 2 unspecified atom stereocenters. The zero-order valence-corrected chi connectivity index (χ0v) is 30.6. The normalized spacial score (nSPS) is 20.0. The Balaban J connectivity index is 1.60. The number of fused-ring (bicyclic) bond motifs is 2. The van der Waals surface area contributed by atoms with Crippen molar-refractivity contribution < 1.29 is 15.1 Å². The summed E-state index contributed by atoms with van der Waals surface area (Å²) in [5.41, 5.74) is 16.6. The van der Waals surface area contributed by atoms with Crippen molar-refractivity contribution in [3.63, 3.8) is 0 Å². The molecule has 2 atom stereocenters. The summed E-state index contributed by atoms with van der Waals surface area (Å²) in [4.78, 5) is 0. The van der Waals surface area contributed by atoms with Crippen LogP contribution in [0.4, 0.5) is 0 Å². The number of hydrogen-bond donors (Lipinski definition) is 0. The summed E-state index contributed by atoms with van der Waals surface area (Å²) in [5.74, 6) is 0. The Morgan fingerprint density at radius 2 is 0.929 bits per heavy atom. The molecule has 0 aliphatic heterocycles. The average Bonchev–Trinajstić information content (AvgIpc) is 3.56. The van der Waals surface area contributed by atoms with Crippen molar-refractivity contribution in [3.05, 3.63) is 129 Å². The van der Waals surface area contributed by atoms with Crippen LogP contribution < -0.4 is 0 Å². The van der Waals surface area contributed by atoms with Crippen LogP contribution in [0.15, 0.2) is 84.9 Å². The van der Waals surface area contributed by atoms with Gasteiger partial charge in [-0.25, -0.2) is 0 Å². The van der Waals surface area contributed by atoms with E-state index in [0.29, 0.717) is 7.35 Å². The fourth-order valence-corrected chi connectivity index (χ4v) is 42.7. The summed E-state index contributed by atoms with van der Waals surface area (Å²) in [5, 5.41) is 0. The standard InChI is InChI=1S/2C17H15.C3H7.3CH3.CH2.Hf/c2*1-12-6-3-7-13(2)17(12)16-11-5-9-14-8-4-10-15(14)16;1-3-2;;;;;/h2*3-11H,1-2H3;1,3H2,2H3;3*1H3;1H2;. The van der Waals surface area contributed by atoms with Gasteiger partial charge in [-0.15, -0.1) is 0 Å². The average molecular weight is 719 g/mol. The van der Waals surface area contributed by atoms with Gasteiger partial charge in [0.15, 0.2) is 0 Å². The summed E-state index contributed by atoms with van der Waals surface area (Å²) in [7, 11) is 0. The van der Waals surface area contributed by atoms with Crippen molar-refractivity contribution in [1.82, 2.24) is 0 Å². The Morgan fingerprint density at radius 1 is 0.571 bits per heavy atom. The third-order valence-corrected chi connectivity index (χ3v) is 48.4. The zero-order chi connectivity index (χ0) is 30.2. The van der Waals surface area contributed by atoms with E-state index in [1.54, 1.807) is 0 Å². The molecule has 0 radical (unpaired) electrons. The molecule has 0 aromatic heterocycles. The van der Waals surface area contributed by atoms with E-state index < -0.39 is 15.1 Å². The molecule has 42 heavy (non-hydrogen) atoms. The third-order valence-electron chi connectivity index (χ3n) is 11.9. The van der Waals surface area contributed by atoms with E-state index in [1.165, 1.54) is 66.8 Å². The molecule has 0 nitrogen and oxygen atoms in total. The number of hydrogen-bond acceptors (Lipinski definition) is 0. The van der Waals surface area contributed by atoms with Crippen LogP contribution in [0, 0.1) is 27.7 Å². The number of allylic oxidation sites excluding steroid dienone is 2. The van der Waals surface area contributed by atoms with Crippen molar-refractivity contribution in [1.29, 1.82) is 0 Å². The van der Waals surface area contributed by atoms with Gasteiger partial charge in [-0.2, -0.15) is 0 Å². The van der Waals surface area contributed by atoms with Crippen LogP contribution in [-0.2, 0) is 15.1 Å². The molecular weight excluding hydrogens is 671 g/mol. The quantitative estimate of drug-likeness (QED) is 0.174. The molecule has 0 saturated heterocycles. The predicted octanol–water partition coefficient (Wildman–Crippen LogP) is 12.3. The van der Waals surface area contributed by atoms with Gasteiger partial charge in [0.25, 0.3) is 0 Å². The second kappa shape index (κ2) is 8.60. The SMILES string of the molecule is [CH2]=[Hf]([CH3])([CH3])([CH3])([CH2]CC)([CH]1C=Cc2c(-c3c(C)cccc3C)cccc21)[CH]1C=Cc2c(-c3c(C)cccc3C)cccc21. The van der Waals surface area contributed by atoms with E-state index in [1.807, 2.05) is 0 Å². The Morgan fingerprint density at radius 3 is 1.29 bits per heavy atom. The first-order valence-electron chi connectivity index (χ1n) is 16.0. The maximum atomic E-state index is 5.69. The van der Waals surface area contributed by atoms with Gasteiger partial charge < -0.3 is 0 Å². The molecule has 216 valence electrons. The molecule has 4 aromatic carbocycles. The molecule has 1 heteroatoms. The van der Waals surface area contributed by atoms with Gasteiger partial charge in [0.2, 0.25) is 0 Å². The molecule has 0 saturated carbocycles. The van der Waals surface area contributed by atoms with Crippen LogP contribution in [-0.4, -0.2) is 4.26 Å². The minimum atomic E-state index is -5.16. The molecule has 4 aromatic rings. The van der Waals surface area contributed by atoms with Gasteiger partial charge in [0, 0.05) is 0 Å². The fraction of sp³-hybridized carbons (Fsp3) is 0.293. The van der Waals surface area contributed by atoms with Crippen LogP contribution in [0.1, 0.15) is 65.2 Å². The fourth-order valence-electron chi connectivity index (χ4n) is 9.82. The number of benzene rings is 4. The first-order chi connectivity index (χ1) is 19.6. The molecule has 2 aliphatic carbocycles. The molecule has 0 heterocycles.